The Hall–Kier alpha value is -2.48. The fourth-order valence-corrected chi connectivity index (χ4v) is 5.25. The molecular formula is C23H21N3OS3. The quantitative estimate of drug-likeness (QED) is 0.332. The first kappa shape index (κ1) is 20.8. The molecule has 2 heterocycles. The largest absolute Gasteiger partial charge is 0.343 e. The van der Waals surface area contributed by atoms with Crippen molar-refractivity contribution in [2.45, 2.75) is 30.5 Å². The van der Waals surface area contributed by atoms with E-state index in [-0.39, 0.29) is 11.9 Å². The number of thiazole rings is 2. The summed E-state index contributed by atoms with van der Waals surface area (Å²) in [5.41, 5.74) is 3.76. The molecule has 4 aromatic rings. The molecule has 1 atom stereocenters. The predicted molar refractivity (Wildman–Crippen MR) is 126 cm³/mol. The van der Waals surface area contributed by atoms with Crippen LogP contribution < -0.4 is 5.32 Å². The van der Waals surface area contributed by atoms with Crippen LogP contribution >= 0.6 is 34.4 Å². The lowest BCUT2D eigenvalue weighted by Crippen LogP contribution is -2.26. The third-order valence-electron chi connectivity index (χ3n) is 4.48. The first-order chi connectivity index (χ1) is 14.6. The van der Waals surface area contributed by atoms with E-state index >= 15 is 0 Å². The summed E-state index contributed by atoms with van der Waals surface area (Å²) in [6, 6.07) is 17.6. The van der Waals surface area contributed by atoms with Crippen LogP contribution in [-0.2, 0) is 5.75 Å². The monoisotopic (exact) mass is 451 g/mol. The molecule has 0 saturated heterocycles. The van der Waals surface area contributed by atoms with Crippen molar-refractivity contribution in [3.05, 3.63) is 86.6 Å². The predicted octanol–water partition coefficient (Wildman–Crippen LogP) is 6.36. The number of hydrogen-bond acceptors (Lipinski definition) is 6. The summed E-state index contributed by atoms with van der Waals surface area (Å²) in [5, 5.41) is 9.15. The van der Waals surface area contributed by atoms with Gasteiger partial charge in [0.25, 0.3) is 5.91 Å². The van der Waals surface area contributed by atoms with Gasteiger partial charge in [0.1, 0.15) is 5.01 Å². The lowest BCUT2D eigenvalue weighted by atomic mass is 10.2. The smallest absolute Gasteiger partial charge is 0.251 e. The molecule has 30 heavy (non-hydrogen) atoms. The molecule has 1 N–H and O–H groups in total. The molecule has 0 aliphatic rings. The van der Waals surface area contributed by atoms with Crippen LogP contribution in [0.5, 0.6) is 0 Å². The molecular weight excluding hydrogens is 430 g/mol. The maximum atomic E-state index is 12.6. The molecule has 1 unspecified atom stereocenters. The number of aryl methyl sites for hydroxylation is 1. The second kappa shape index (κ2) is 9.55. The zero-order valence-electron chi connectivity index (χ0n) is 16.7. The molecule has 0 fully saturated rings. The maximum absolute atomic E-state index is 12.6. The Balaban J connectivity index is 1.34. The van der Waals surface area contributed by atoms with E-state index in [9.17, 15) is 4.79 Å². The first-order valence-corrected chi connectivity index (χ1v) is 12.3. The number of aromatic nitrogens is 2. The van der Waals surface area contributed by atoms with E-state index in [1.54, 1.807) is 34.4 Å². The van der Waals surface area contributed by atoms with Crippen molar-refractivity contribution in [3.63, 3.8) is 0 Å². The van der Waals surface area contributed by atoms with Crippen LogP contribution in [0.1, 0.15) is 39.0 Å². The molecule has 0 saturated carbocycles. The number of amides is 1. The molecule has 1 amide bonds. The van der Waals surface area contributed by atoms with Gasteiger partial charge in [-0.05, 0) is 38.1 Å². The fraction of sp³-hybridized carbons (Fsp3) is 0.174. The molecule has 0 radical (unpaired) electrons. The maximum Gasteiger partial charge on any atom is 0.251 e. The van der Waals surface area contributed by atoms with Gasteiger partial charge in [-0.2, -0.15) is 0 Å². The summed E-state index contributed by atoms with van der Waals surface area (Å²) in [6.45, 7) is 3.98. The van der Waals surface area contributed by atoms with Crippen LogP contribution in [0.4, 0.5) is 0 Å². The minimum atomic E-state index is -0.151. The van der Waals surface area contributed by atoms with Crippen molar-refractivity contribution >= 4 is 40.3 Å². The normalized spacial score (nSPS) is 11.9. The van der Waals surface area contributed by atoms with E-state index in [0.29, 0.717) is 5.56 Å². The number of carbonyl (C=O) groups excluding carboxylic acids is 1. The van der Waals surface area contributed by atoms with Gasteiger partial charge in [-0.3, -0.25) is 4.79 Å². The average Bonchev–Trinajstić information content (AvgIpc) is 3.42. The number of rotatable bonds is 7. The van der Waals surface area contributed by atoms with Crippen molar-refractivity contribution in [2.24, 2.45) is 0 Å². The van der Waals surface area contributed by atoms with Crippen molar-refractivity contribution in [1.29, 1.82) is 0 Å². The second-order valence-corrected chi connectivity index (χ2v) is 9.80. The van der Waals surface area contributed by atoms with Crippen molar-refractivity contribution in [1.82, 2.24) is 15.3 Å². The summed E-state index contributed by atoms with van der Waals surface area (Å²) in [6.07, 6.45) is 0. The Kier molecular flexibility index (Phi) is 6.62. The third kappa shape index (κ3) is 5.16. The number of carbonyl (C=O) groups is 1. The van der Waals surface area contributed by atoms with Gasteiger partial charge in [-0.25, -0.2) is 9.97 Å². The average molecular weight is 452 g/mol. The van der Waals surface area contributed by atoms with Crippen LogP contribution in [0.2, 0.25) is 0 Å². The summed E-state index contributed by atoms with van der Waals surface area (Å²) in [5.74, 6) is 0.742. The molecule has 0 aliphatic heterocycles. The van der Waals surface area contributed by atoms with Gasteiger partial charge in [0.05, 0.1) is 22.4 Å². The Morgan fingerprint density at radius 1 is 1.03 bits per heavy atom. The van der Waals surface area contributed by atoms with Crippen LogP contribution in [-0.4, -0.2) is 15.9 Å². The number of nitrogens with zero attached hydrogens (tertiary/aromatic N) is 2. The van der Waals surface area contributed by atoms with Gasteiger partial charge < -0.3 is 5.32 Å². The molecule has 2 aromatic carbocycles. The van der Waals surface area contributed by atoms with Gasteiger partial charge in [-0.15, -0.1) is 34.4 Å². The van der Waals surface area contributed by atoms with E-state index < -0.39 is 0 Å². The van der Waals surface area contributed by atoms with E-state index in [1.165, 1.54) is 0 Å². The van der Waals surface area contributed by atoms with Crippen molar-refractivity contribution in [3.8, 4) is 11.3 Å². The molecule has 0 bridgehead atoms. The second-order valence-electron chi connectivity index (χ2n) is 6.80. The van der Waals surface area contributed by atoms with Crippen LogP contribution in [0.15, 0.2) is 70.3 Å². The SMILES string of the molecule is Cc1nc(CSc2ccc(C(=O)NC(C)c3nc(-c4ccccc4)cs3)cc2)cs1. The van der Waals surface area contributed by atoms with E-state index in [2.05, 4.69) is 15.7 Å². The van der Waals surface area contributed by atoms with Gasteiger partial charge >= 0.3 is 0 Å². The highest BCUT2D eigenvalue weighted by Crippen LogP contribution is 2.26. The van der Waals surface area contributed by atoms with Gasteiger partial charge in [0.15, 0.2) is 0 Å². The number of benzene rings is 2. The molecule has 2 aromatic heterocycles. The Morgan fingerprint density at radius 3 is 2.50 bits per heavy atom. The van der Waals surface area contributed by atoms with Crippen molar-refractivity contribution in [2.75, 3.05) is 0 Å². The molecule has 0 spiro atoms. The highest BCUT2D eigenvalue weighted by Gasteiger charge is 2.15. The van der Waals surface area contributed by atoms with E-state index in [1.807, 2.05) is 73.8 Å². The standard InChI is InChI=1S/C23H21N3OS3/c1-15(23-26-21(14-30-23)17-6-4-3-5-7-17)24-22(27)18-8-10-20(11-9-18)29-13-19-12-28-16(2)25-19/h3-12,14-15H,13H2,1-2H3,(H,24,27). The summed E-state index contributed by atoms with van der Waals surface area (Å²) < 4.78 is 0. The summed E-state index contributed by atoms with van der Waals surface area (Å²) in [7, 11) is 0. The number of nitrogens with one attached hydrogen (secondary N) is 1. The molecule has 0 aliphatic carbocycles. The topological polar surface area (TPSA) is 54.9 Å². The fourth-order valence-electron chi connectivity index (χ4n) is 2.90. The van der Waals surface area contributed by atoms with E-state index in [0.717, 1.165) is 37.6 Å². The van der Waals surface area contributed by atoms with Gasteiger partial charge in [0.2, 0.25) is 0 Å². The molecule has 7 heteroatoms. The highest BCUT2D eigenvalue weighted by atomic mass is 32.2. The third-order valence-corrected chi connectivity index (χ3v) is 7.37. The minimum absolute atomic E-state index is 0.0920. The lowest BCUT2D eigenvalue weighted by molar-refractivity contribution is 0.0940. The molecule has 152 valence electrons. The molecule has 4 rings (SSSR count). The first-order valence-electron chi connectivity index (χ1n) is 9.54. The zero-order chi connectivity index (χ0) is 20.9. The van der Waals surface area contributed by atoms with Crippen LogP contribution in [0, 0.1) is 6.92 Å². The summed E-state index contributed by atoms with van der Waals surface area (Å²) in [4.78, 5) is 22.9. The van der Waals surface area contributed by atoms with Crippen LogP contribution in [0.3, 0.4) is 0 Å². The highest BCUT2D eigenvalue weighted by molar-refractivity contribution is 7.98. The number of thioether (sulfide) groups is 1. The number of hydrogen-bond donors (Lipinski definition) is 1. The Labute approximate surface area is 188 Å². The minimum Gasteiger partial charge on any atom is -0.343 e. The molecule has 4 nitrogen and oxygen atoms in total. The Morgan fingerprint density at radius 2 is 1.80 bits per heavy atom. The summed E-state index contributed by atoms with van der Waals surface area (Å²) >= 11 is 4.96. The van der Waals surface area contributed by atoms with Crippen molar-refractivity contribution < 1.29 is 4.79 Å². The Bertz CT molecular complexity index is 1120. The van der Waals surface area contributed by atoms with Gasteiger partial charge in [-0.1, -0.05) is 30.3 Å². The van der Waals surface area contributed by atoms with E-state index in [4.69, 9.17) is 4.98 Å². The zero-order valence-corrected chi connectivity index (χ0v) is 19.1. The van der Waals surface area contributed by atoms with Gasteiger partial charge in [0, 0.05) is 32.5 Å². The van der Waals surface area contributed by atoms with Crippen LogP contribution in [0.25, 0.3) is 11.3 Å². The lowest BCUT2D eigenvalue weighted by Gasteiger charge is -2.11.